The Bertz CT molecular complexity index is 239. The molecule has 0 aliphatic heterocycles. The third kappa shape index (κ3) is 5.28. The van der Waals surface area contributed by atoms with Crippen molar-refractivity contribution in [2.45, 2.75) is 18.9 Å². The summed E-state index contributed by atoms with van der Waals surface area (Å²) in [5.41, 5.74) is 0. The number of carbonyl (C=O) groups is 1. The van der Waals surface area contributed by atoms with Gasteiger partial charge in [0.1, 0.15) is 0 Å². The van der Waals surface area contributed by atoms with Gasteiger partial charge in [0.05, 0.1) is 6.42 Å². The molecule has 0 bridgehead atoms. The van der Waals surface area contributed by atoms with Crippen LogP contribution in [0, 0.1) is 12.3 Å². The van der Waals surface area contributed by atoms with E-state index in [0.29, 0.717) is 12.6 Å². The number of nitrogens with one attached hydrogen (secondary N) is 1. The van der Waals surface area contributed by atoms with E-state index in [1.165, 1.54) is 0 Å². The van der Waals surface area contributed by atoms with E-state index in [2.05, 4.69) is 11.2 Å². The summed E-state index contributed by atoms with van der Waals surface area (Å²) < 4.78 is 15.7. The fourth-order valence-electron chi connectivity index (χ4n) is 1.24. The molecule has 6 heteroatoms. The zero-order chi connectivity index (χ0) is 12.4. The van der Waals surface area contributed by atoms with Crippen molar-refractivity contribution in [3.63, 3.8) is 0 Å². The number of hydrogen-bond acceptors (Lipinski definition) is 4. The van der Waals surface area contributed by atoms with Crippen LogP contribution in [0.4, 0.5) is 0 Å². The molecular formula is C10H19NO4Si. The largest absolute Gasteiger partial charge is 0.500 e. The van der Waals surface area contributed by atoms with E-state index in [9.17, 15) is 4.79 Å². The van der Waals surface area contributed by atoms with Crippen molar-refractivity contribution >= 4 is 14.7 Å². The van der Waals surface area contributed by atoms with Gasteiger partial charge < -0.3 is 18.6 Å². The molecule has 0 aromatic rings. The first-order chi connectivity index (χ1) is 7.64. The highest BCUT2D eigenvalue weighted by Crippen LogP contribution is 2.14. The van der Waals surface area contributed by atoms with Gasteiger partial charge in [-0.25, -0.2) is 0 Å². The molecule has 0 aliphatic carbocycles. The standard InChI is InChI=1S/C10H19NO4Si/c1-5-7-10(12)11-8-6-9-16(13-2,14-3)15-4/h1H,6-9H2,2-4H3,(H,11,12). The molecule has 0 atom stereocenters. The van der Waals surface area contributed by atoms with E-state index < -0.39 is 8.80 Å². The third-order valence-corrected chi connectivity index (χ3v) is 5.01. The van der Waals surface area contributed by atoms with Crippen LogP contribution in [0.15, 0.2) is 0 Å². The van der Waals surface area contributed by atoms with Crippen molar-refractivity contribution in [3.8, 4) is 12.3 Å². The third-order valence-electron chi connectivity index (χ3n) is 2.18. The van der Waals surface area contributed by atoms with Gasteiger partial charge in [-0.3, -0.25) is 4.79 Å². The minimum Gasteiger partial charge on any atom is -0.377 e. The van der Waals surface area contributed by atoms with Crippen molar-refractivity contribution in [2.75, 3.05) is 27.9 Å². The smallest absolute Gasteiger partial charge is 0.377 e. The van der Waals surface area contributed by atoms with Crippen molar-refractivity contribution in [2.24, 2.45) is 0 Å². The van der Waals surface area contributed by atoms with Crippen molar-refractivity contribution in [1.82, 2.24) is 5.32 Å². The number of amides is 1. The van der Waals surface area contributed by atoms with Gasteiger partial charge in [-0.05, 0) is 6.42 Å². The molecule has 16 heavy (non-hydrogen) atoms. The summed E-state index contributed by atoms with van der Waals surface area (Å²) in [5.74, 6) is 2.14. The lowest BCUT2D eigenvalue weighted by Crippen LogP contribution is -2.43. The Morgan fingerprint density at radius 3 is 2.31 bits per heavy atom. The summed E-state index contributed by atoms with van der Waals surface area (Å²) in [6, 6.07) is 0.660. The number of terminal acetylenes is 1. The van der Waals surface area contributed by atoms with Gasteiger partial charge in [0.25, 0.3) is 0 Å². The lowest BCUT2D eigenvalue weighted by Gasteiger charge is -2.24. The first-order valence-electron chi connectivity index (χ1n) is 4.99. The fraction of sp³-hybridized carbons (Fsp3) is 0.700. The van der Waals surface area contributed by atoms with E-state index in [1.54, 1.807) is 21.3 Å². The van der Waals surface area contributed by atoms with Crippen LogP contribution < -0.4 is 5.32 Å². The van der Waals surface area contributed by atoms with Crippen LogP contribution in [0.3, 0.4) is 0 Å². The van der Waals surface area contributed by atoms with E-state index in [1.807, 2.05) is 0 Å². The molecule has 1 amide bonds. The summed E-state index contributed by atoms with van der Waals surface area (Å²) >= 11 is 0. The summed E-state index contributed by atoms with van der Waals surface area (Å²) in [6.07, 6.45) is 5.85. The van der Waals surface area contributed by atoms with Crippen LogP contribution in [0.2, 0.25) is 6.04 Å². The Morgan fingerprint density at radius 1 is 1.31 bits per heavy atom. The number of carbonyl (C=O) groups excluding carboxylic acids is 1. The molecule has 0 saturated carbocycles. The average molecular weight is 245 g/mol. The monoisotopic (exact) mass is 245 g/mol. The molecule has 0 aliphatic rings. The fourth-order valence-corrected chi connectivity index (χ4v) is 2.97. The molecular weight excluding hydrogens is 226 g/mol. The quantitative estimate of drug-likeness (QED) is 0.382. The molecule has 0 aromatic heterocycles. The van der Waals surface area contributed by atoms with Crippen LogP contribution in [0.25, 0.3) is 0 Å². The first kappa shape index (κ1) is 15.1. The second kappa shape index (κ2) is 8.30. The molecule has 5 nitrogen and oxygen atoms in total. The Kier molecular flexibility index (Phi) is 7.85. The van der Waals surface area contributed by atoms with Gasteiger partial charge in [-0.2, -0.15) is 0 Å². The molecule has 0 rings (SSSR count). The Balaban J connectivity index is 3.80. The second-order valence-electron chi connectivity index (χ2n) is 3.13. The van der Waals surface area contributed by atoms with Crippen LogP contribution in [-0.4, -0.2) is 42.6 Å². The minimum atomic E-state index is -2.50. The Labute approximate surface area is 97.8 Å². The maximum atomic E-state index is 11.0. The predicted octanol–water partition coefficient (Wildman–Crippen LogP) is 0.394. The van der Waals surface area contributed by atoms with Crippen molar-refractivity contribution in [1.29, 1.82) is 0 Å². The lowest BCUT2D eigenvalue weighted by atomic mass is 10.4. The van der Waals surface area contributed by atoms with Crippen molar-refractivity contribution < 1.29 is 18.1 Å². The highest BCUT2D eigenvalue weighted by molar-refractivity contribution is 6.60. The van der Waals surface area contributed by atoms with Crippen LogP contribution >= 0.6 is 0 Å². The van der Waals surface area contributed by atoms with Crippen LogP contribution in [0.1, 0.15) is 12.8 Å². The molecule has 0 heterocycles. The van der Waals surface area contributed by atoms with Crippen LogP contribution in [0.5, 0.6) is 0 Å². The minimum absolute atomic E-state index is 0.113. The SMILES string of the molecule is C#CCC(=O)NCCC[Si](OC)(OC)OC. The maximum absolute atomic E-state index is 11.0. The highest BCUT2D eigenvalue weighted by atomic mass is 28.4. The Morgan fingerprint density at radius 2 is 1.88 bits per heavy atom. The lowest BCUT2D eigenvalue weighted by molar-refractivity contribution is -0.120. The predicted molar refractivity (Wildman–Crippen MR) is 62.7 cm³/mol. The topological polar surface area (TPSA) is 56.8 Å². The van der Waals surface area contributed by atoms with Crippen molar-refractivity contribution in [3.05, 3.63) is 0 Å². The Hall–Kier alpha value is -0.873. The normalized spacial score (nSPS) is 10.9. The number of hydrogen-bond donors (Lipinski definition) is 1. The van der Waals surface area contributed by atoms with Crippen LogP contribution in [-0.2, 0) is 18.1 Å². The van der Waals surface area contributed by atoms with Gasteiger partial charge in [0.15, 0.2) is 0 Å². The first-order valence-corrected chi connectivity index (χ1v) is 6.93. The average Bonchev–Trinajstić information content (AvgIpc) is 2.31. The molecule has 92 valence electrons. The van der Waals surface area contributed by atoms with Gasteiger partial charge in [-0.1, -0.05) is 5.92 Å². The summed E-state index contributed by atoms with van der Waals surface area (Å²) in [6.45, 7) is 0.547. The molecule has 0 spiro atoms. The summed E-state index contributed by atoms with van der Waals surface area (Å²) in [5, 5.41) is 2.70. The van der Waals surface area contributed by atoms with Gasteiger partial charge >= 0.3 is 8.80 Å². The summed E-state index contributed by atoms with van der Waals surface area (Å²) in [7, 11) is 2.20. The van der Waals surface area contributed by atoms with E-state index >= 15 is 0 Å². The highest BCUT2D eigenvalue weighted by Gasteiger charge is 2.36. The maximum Gasteiger partial charge on any atom is 0.500 e. The van der Waals surface area contributed by atoms with E-state index in [0.717, 1.165) is 6.42 Å². The number of rotatable bonds is 8. The molecule has 0 saturated heterocycles. The molecule has 0 aromatic carbocycles. The zero-order valence-corrected chi connectivity index (χ0v) is 11.0. The zero-order valence-electron chi connectivity index (χ0n) is 10.0. The van der Waals surface area contributed by atoms with E-state index in [-0.39, 0.29) is 12.3 Å². The van der Waals surface area contributed by atoms with E-state index in [4.69, 9.17) is 19.7 Å². The molecule has 0 fully saturated rings. The molecule has 1 N–H and O–H groups in total. The van der Waals surface area contributed by atoms with Gasteiger partial charge in [-0.15, -0.1) is 6.42 Å². The van der Waals surface area contributed by atoms with Gasteiger partial charge in [0.2, 0.25) is 5.91 Å². The molecule has 0 unspecified atom stereocenters. The molecule has 0 radical (unpaired) electrons. The summed E-state index contributed by atoms with van der Waals surface area (Å²) in [4.78, 5) is 11.0. The second-order valence-corrected chi connectivity index (χ2v) is 6.22. The van der Waals surface area contributed by atoms with Gasteiger partial charge in [0, 0.05) is 33.9 Å².